The van der Waals surface area contributed by atoms with Gasteiger partial charge in [-0.3, -0.25) is 14.6 Å². The van der Waals surface area contributed by atoms with Gasteiger partial charge in [0.05, 0.1) is 12.7 Å². The van der Waals surface area contributed by atoms with Crippen molar-refractivity contribution in [2.45, 2.75) is 83.0 Å². The maximum absolute atomic E-state index is 13.1. The number of ether oxygens (including phenoxy) is 1. The van der Waals surface area contributed by atoms with Crippen LogP contribution in [0, 0.1) is 0 Å². The third-order valence-corrected chi connectivity index (χ3v) is 5.70. The van der Waals surface area contributed by atoms with Crippen LogP contribution >= 0.6 is 0 Å². The Kier molecular flexibility index (Phi) is 4.20. The summed E-state index contributed by atoms with van der Waals surface area (Å²) < 4.78 is 5.43. The first kappa shape index (κ1) is 17.7. The first-order valence-corrected chi connectivity index (χ1v) is 9.15. The van der Waals surface area contributed by atoms with E-state index in [-0.39, 0.29) is 23.0 Å². The molecule has 3 aliphatic heterocycles. The van der Waals surface area contributed by atoms with E-state index in [0.717, 1.165) is 26.0 Å². The SMILES string of the molecule is CCCCN1C(=O)NC2(CC(C)(C)N(CC3CO3)C(C)(C)C2)C1=O. The summed E-state index contributed by atoms with van der Waals surface area (Å²) in [6.07, 6.45) is 3.42. The van der Waals surface area contributed by atoms with Crippen LogP contribution in [0.15, 0.2) is 0 Å². The fourth-order valence-corrected chi connectivity index (χ4v) is 4.86. The third kappa shape index (κ3) is 2.94. The molecule has 136 valence electrons. The maximum atomic E-state index is 13.1. The van der Waals surface area contributed by atoms with Crippen LogP contribution in [0.3, 0.4) is 0 Å². The van der Waals surface area contributed by atoms with Crippen LogP contribution in [-0.4, -0.2) is 64.2 Å². The summed E-state index contributed by atoms with van der Waals surface area (Å²) in [6, 6.07) is -0.223. The van der Waals surface area contributed by atoms with E-state index in [1.807, 2.05) is 0 Å². The highest BCUT2D eigenvalue weighted by Gasteiger charge is 2.61. The number of epoxide rings is 1. The second-order valence-electron chi connectivity index (χ2n) is 8.87. The fraction of sp³-hybridized carbons (Fsp3) is 0.889. The Morgan fingerprint density at radius 2 is 1.75 bits per heavy atom. The van der Waals surface area contributed by atoms with Gasteiger partial charge in [-0.05, 0) is 47.0 Å². The Hall–Kier alpha value is -1.14. The summed E-state index contributed by atoms with van der Waals surface area (Å²) in [5.41, 5.74) is -1.13. The number of nitrogens with one attached hydrogen (secondary N) is 1. The van der Waals surface area contributed by atoms with Crippen molar-refractivity contribution in [1.29, 1.82) is 0 Å². The van der Waals surface area contributed by atoms with Crippen LogP contribution < -0.4 is 5.32 Å². The molecule has 1 atom stereocenters. The number of carbonyl (C=O) groups excluding carboxylic acids is 2. The Morgan fingerprint density at radius 3 is 2.25 bits per heavy atom. The van der Waals surface area contributed by atoms with Gasteiger partial charge in [0, 0.05) is 24.2 Å². The number of likely N-dealkylation sites (tertiary alicyclic amines) is 1. The van der Waals surface area contributed by atoms with Crippen LogP contribution in [0.2, 0.25) is 0 Å². The molecule has 6 nitrogen and oxygen atoms in total. The Labute approximate surface area is 144 Å². The molecule has 3 amide bonds. The van der Waals surface area contributed by atoms with Gasteiger partial charge in [0.2, 0.25) is 0 Å². The smallest absolute Gasteiger partial charge is 0.325 e. The molecule has 3 heterocycles. The molecule has 0 bridgehead atoms. The molecular weight excluding hydrogens is 306 g/mol. The lowest BCUT2D eigenvalue weighted by molar-refractivity contribution is -0.141. The first-order chi connectivity index (χ1) is 11.1. The molecule has 1 N–H and O–H groups in total. The van der Waals surface area contributed by atoms with Crippen molar-refractivity contribution < 1.29 is 14.3 Å². The zero-order valence-corrected chi connectivity index (χ0v) is 15.6. The van der Waals surface area contributed by atoms with Crippen LogP contribution in [-0.2, 0) is 9.53 Å². The monoisotopic (exact) mass is 337 g/mol. The van der Waals surface area contributed by atoms with E-state index < -0.39 is 5.54 Å². The lowest BCUT2D eigenvalue weighted by atomic mass is 9.69. The predicted octanol–water partition coefficient (Wildman–Crippen LogP) is 2.13. The second kappa shape index (κ2) is 5.70. The topological polar surface area (TPSA) is 65.2 Å². The number of carbonyl (C=O) groups is 2. The van der Waals surface area contributed by atoms with Gasteiger partial charge in [0.15, 0.2) is 0 Å². The van der Waals surface area contributed by atoms with Crippen molar-refractivity contribution in [2.24, 2.45) is 0 Å². The van der Waals surface area contributed by atoms with Crippen LogP contribution in [0.4, 0.5) is 4.79 Å². The minimum Gasteiger partial charge on any atom is -0.372 e. The zero-order valence-electron chi connectivity index (χ0n) is 15.6. The van der Waals surface area contributed by atoms with E-state index in [1.165, 1.54) is 4.90 Å². The number of piperidine rings is 1. The summed E-state index contributed by atoms with van der Waals surface area (Å²) in [6.45, 7) is 13.0. The molecule has 0 aliphatic carbocycles. The summed E-state index contributed by atoms with van der Waals surface area (Å²) in [4.78, 5) is 29.4. The quantitative estimate of drug-likeness (QED) is 0.616. The normalized spacial score (nSPS) is 30.7. The van der Waals surface area contributed by atoms with Gasteiger partial charge in [-0.25, -0.2) is 4.79 Å². The third-order valence-electron chi connectivity index (χ3n) is 5.70. The predicted molar refractivity (Wildman–Crippen MR) is 91.7 cm³/mol. The lowest BCUT2D eigenvalue weighted by Gasteiger charge is -2.57. The molecule has 1 unspecified atom stereocenters. The molecule has 6 heteroatoms. The van der Waals surface area contributed by atoms with Crippen LogP contribution in [0.1, 0.15) is 60.3 Å². The van der Waals surface area contributed by atoms with E-state index in [2.05, 4.69) is 44.8 Å². The number of hydrogen-bond acceptors (Lipinski definition) is 4. The van der Waals surface area contributed by atoms with E-state index in [0.29, 0.717) is 25.5 Å². The fourth-order valence-electron chi connectivity index (χ4n) is 4.86. The molecule has 24 heavy (non-hydrogen) atoms. The van der Waals surface area contributed by atoms with Gasteiger partial charge >= 0.3 is 6.03 Å². The van der Waals surface area contributed by atoms with Gasteiger partial charge < -0.3 is 10.1 Å². The molecule has 3 rings (SSSR count). The molecular formula is C18H31N3O3. The summed E-state index contributed by atoms with van der Waals surface area (Å²) >= 11 is 0. The highest BCUT2D eigenvalue weighted by molar-refractivity contribution is 6.07. The highest BCUT2D eigenvalue weighted by atomic mass is 16.6. The van der Waals surface area contributed by atoms with E-state index in [1.54, 1.807) is 0 Å². The van der Waals surface area contributed by atoms with Crippen LogP contribution in [0.5, 0.6) is 0 Å². The number of hydrogen-bond donors (Lipinski definition) is 1. The van der Waals surface area contributed by atoms with Gasteiger partial charge in [-0.15, -0.1) is 0 Å². The van der Waals surface area contributed by atoms with Gasteiger partial charge in [-0.1, -0.05) is 13.3 Å². The van der Waals surface area contributed by atoms with Crippen molar-refractivity contribution >= 4 is 11.9 Å². The van der Waals surface area contributed by atoms with Gasteiger partial charge in [0.25, 0.3) is 5.91 Å². The number of imide groups is 1. The maximum Gasteiger partial charge on any atom is 0.325 e. The Balaban J connectivity index is 1.85. The minimum absolute atomic E-state index is 0.0376. The Bertz CT molecular complexity index is 522. The number of rotatable bonds is 5. The first-order valence-electron chi connectivity index (χ1n) is 9.15. The van der Waals surface area contributed by atoms with Gasteiger partial charge in [-0.2, -0.15) is 0 Å². The van der Waals surface area contributed by atoms with Crippen molar-refractivity contribution in [3.05, 3.63) is 0 Å². The summed E-state index contributed by atoms with van der Waals surface area (Å²) in [7, 11) is 0. The van der Waals surface area contributed by atoms with E-state index in [9.17, 15) is 9.59 Å². The molecule has 0 aromatic carbocycles. The molecule has 0 radical (unpaired) electrons. The van der Waals surface area contributed by atoms with E-state index >= 15 is 0 Å². The largest absolute Gasteiger partial charge is 0.372 e. The van der Waals surface area contributed by atoms with Crippen molar-refractivity contribution in [2.75, 3.05) is 19.7 Å². The van der Waals surface area contributed by atoms with Crippen LogP contribution in [0.25, 0.3) is 0 Å². The number of unbranched alkanes of at least 4 members (excludes halogenated alkanes) is 1. The molecule has 3 fully saturated rings. The molecule has 3 saturated heterocycles. The number of nitrogens with zero attached hydrogens (tertiary/aromatic N) is 2. The minimum atomic E-state index is -0.765. The average Bonchev–Trinajstić information content (AvgIpc) is 3.22. The molecule has 0 aromatic heterocycles. The second-order valence-corrected chi connectivity index (χ2v) is 8.87. The molecule has 0 saturated carbocycles. The van der Waals surface area contributed by atoms with Crippen molar-refractivity contribution in [3.63, 3.8) is 0 Å². The Morgan fingerprint density at radius 1 is 1.17 bits per heavy atom. The highest BCUT2D eigenvalue weighted by Crippen LogP contribution is 2.46. The number of urea groups is 1. The average molecular weight is 337 g/mol. The molecule has 0 aromatic rings. The number of amides is 3. The van der Waals surface area contributed by atoms with E-state index in [4.69, 9.17) is 4.74 Å². The van der Waals surface area contributed by atoms with Crippen molar-refractivity contribution in [3.8, 4) is 0 Å². The van der Waals surface area contributed by atoms with Gasteiger partial charge in [0.1, 0.15) is 5.54 Å². The lowest BCUT2D eigenvalue weighted by Crippen LogP contribution is -2.70. The molecule has 1 spiro atoms. The standard InChI is InChI=1S/C18H31N3O3/c1-6-7-8-20-14(22)18(19-15(20)23)11-16(2,3)21(9-13-10-24-13)17(4,5)12-18/h13H,6-12H2,1-5H3,(H,19,23). The summed E-state index contributed by atoms with van der Waals surface area (Å²) in [5.74, 6) is -0.0376. The van der Waals surface area contributed by atoms with Crippen molar-refractivity contribution in [1.82, 2.24) is 15.1 Å². The molecule has 3 aliphatic rings. The zero-order chi connectivity index (χ0) is 17.8. The summed E-state index contributed by atoms with van der Waals surface area (Å²) in [5, 5.41) is 3.06.